The average Bonchev–Trinajstić information content (AvgIpc) is 2.42. The number of hydrogen-bond donors (Lipinski definition) is 1. The Hall–Kier alpha value is -1.00. The highest BCUT2D eigenvalue weighted by molar-refractivity contribution is 5.24. The maximum atomic E-state index is 13.8. The highest BCUT2D eigenvalue weighted by atomic mass is 19.2. The van der Waals surface area contributed by atoms with Crippen molar-refractivity contribution < 1.29 is 18.6 Å². The van der Waals surface area contributed by atoms with E-state index in [1.807, 2.05) is 0 Å². The Morgan fingerprint density at radius 2 is 1.95 bits per heavy atom. The van der Waals surface area contributed by atoms with E-state index in [1.54, 1.807) is 0 Å². The molecule has 0 amide bonds. The van der Waals surface area contributed by atoms with Crippen LogP contribution in [0.25, 0.3) is 0 Å². The van der Waals surface area contributed by atoms with Gasteiger partial charge in [0.2, 0.25) is 0 Å². The largest absolute Gasteiger partial charge is 0.385 e. The van der Waals surface area contributed by atoms with Crippen molar-refractivity contribution in [3.8, 4) is 0 Å². The van der Waals surface area contributed by atoms with Gasteiger partial charge in [-0.3, -0.25) is 0 Å². The van der Waals surface area contributed by atoms with Crippen molar-refractivity contribution in [2.24, 2.45) is 5.92 Å². The zero-order valence-corrected chi connectivity index (χ0v) is 11.3. The second-order valence-electron chi connectivity index (χ2n) is 5.50. The van der Waals surface area contributed by atoms with Crippen LogP contribution < -0.4 is 0 Å². The van der Waals surface area contributed by atoms with Gasteiger partial charge in [0.25, 0.3) is 0 Å². The first-order chi connectivity index (χ1) is 9.00. The molecule has 1 aromatic carbocycles. The minimum Gasteiger partial charge on any atom is -0.385 e. The average molecular weight is 270 g/mol. The van der Waals surface area contributed by atoms with Crippen molar-refractivity contribution in [3.05, 3.63) is 35.4 Å². The van der Waals surface area contributed by atoms with Crippen LogP contribution in [0.2, 0.25) is 0 Å². The maximum absolute atomic E-state index is 13.8. The van der Waals surface area contributed by atoms with Gasteiger partial charge in [0.05, 0.1) is 5.60 Å². The van der Waals surface area contributed by atoms with Crippen molar-refractivity contribution >= 4 is 0 Å². The molecule has 1 N–H and O–H groups in total. The summed E-state index contributed by atoms with van der Waals surface area (Å²) < 4.78 is 32.6. The quantitative estimate of drug-likeness (QED) is 0.909. The van der Waals surface area contributed by atoms with Gasteiger partial charge in [-0.05, 0) is 37.7 Å². The molecule has 0 bridgehead atoms. The molecule has 4 heteroatoms. The summed E-state index contributed by atoms with van der Waals surface area (Å²) in [5, 5.41) is 10.5. The molecule has 1 aromatic rings. The Bertz CT molecular complexity index is 440. The first kappa shape index (κ1) is 14.4. The van der Waals surface area contributed by atoms with E-state index in [2.05, 4.69) is 6.92 Å². The molecular weight excluding hydrogens is 250 g/mol. The van der Waals surface area contributed by atoms with Gasteiger partial charge < -0.3 is 9.84 Å². The molecule has 0 spiro atoms. The zero-order chi connectivity index (χ0) is 14.0. The molecule has 0 saturated heterocycles. The number of aliphatic hydroxyl groups excluding tert-OH is 1. The molecule has 0 aromatic heterocycles. The third kappa shape index (κ3) is 2.65. The Morgan fingerprint density at radius 1 is 1.32 bits per heavy atom. The first-order valence-electron chi connectivity index (χ1n) is 6.67. The molecule has 1 aliphatic carbocycles. The van der Waals surface area contributed by atoms with Gasteiger partial charge in [-0.2, -0.15) is 0 Å². The predicted octanol–water partition coefficient (Wildman–Crippen LogP) is 3.59. The molecule has 2 nitrogen and oxygen atoms in total. The summed E-state index contributed by atoms with van der Waals surface area (Å²) in [5.41, 5.74) is -0.822. The summed E-state index contributed by atoms with van der Waals surface area (Å²) in [7, 11) is 1.52. The Morgan fingerprint density at radius 3 is 2.53 bits per heavy atom. The number of ether oxygens (including phenoxy) is 1. The summed E-state index contributed by atoms with van der Waals surface area (Å²) in [4.78, 5) is 0. The van der Waals surface area contributed by atoms with Crippen molar-refractivity contribution in [1.29, 1.82) is 0 Å². The first-order valence-corrected chi connectivity index (χ1v) is 6.67. The van der Waals surface area contributed by atoms with Gasteiger partial charge in [0.1, 0.15) is 6.10 Å². The van der Waals surface area contributed by atoms with Gasteiger partial charge in [-0.25, -0.2) is 8.78 Å². The van der Waals surface area contributed by atoms with Crippen LogP contribution in [0, 0.1) is 17.6 Å². The van der Waals surface area contributed by atoms with Crippen molar-refractivity contribution in [3.63, 3.8) is 0 Å². The molecule has 1 aliphatic rings. The smallest absolute Gasteiger partial charge is 0.164 e. The van der Waals surface area contributed by atoms with E-state index in [4.69, 9.17) is 4.74 Å². The molecule has 1 fully saturated rings. The van der Waals surface area contributed by atoms with Crippen molar-refractivity contribution in [1.82, 2.24) is 0 Å². The molecular formula is C15H20F2O2. The van der Waals surface area contributed by atoms with Gasteiger partial charge >= 0.3 is 0 Å². The summed E-state index contributed by atoms with van der Waals surface area (Å²) in [6.07, 6.45) is 2.01. The van der Waals surface area contributed by atoms with E-state index in [1.165, 1.54) is 19.2 Å². The number of aliphatic hydroxyl groups is 1. The molecule has 106 valence electrons. The fourth-order valence-corrected chi connectivity index (χ4v) is 2.86. The van der Waals surface area contributed by atoms with Crippen LogP contribution in [-0.4, -0.2) is 17.8 Å². The SMILES string of the molecule is COC1(C(O)c2cccc(F)c2F)CCC(C)CC1. The molecule has 0 aliphatic heterocycles. The van der Waals surface area contributed by atoms with Crippen LogP contribution in [0.1, 0.15) is 44.3 Å². The van der Waals surface area contributed by atoms with Gasteiger partial charge in [0, 0.05) is 12.7 Å². The summed E-state index contributed by atoms with van der Waals surface area (Å²) in [6.45, 7) is 2.15. The Kier molecular flexibility index (Phi) is 4.21. The molecule has 1 saturated carbocycles. The fraction of sp³-hybridized carbons (Fsp3) is 0.600. The molecule has 1 unspecified atom stereocenters. The Balaban J connectivity index is 2.30. The number of benzene rings is 1. The third-order valence-electron chi connectivity index (χ3n) is 4.30. The molecule has 2 rings (SSSR count). The van der Waals surface area contributed by atoms with Crippen molar-refractivity contribution in [2.75, 3.05) is 7.11 Å². The minimum absolute atomic E-state index is 0.0172. The van der Waals surface area contributed by atoms with E-state index in [9.17, 15) is 13.9 Å². The second kappa shape index (κ2) is 5.55. The second-order valence-corrected chi connectivity index (χ2v) is 5.50. The van der Waals surface area contributed by atoms with E-state index < -0.39 is 23.3 Å². The van der Waals surface area contributed by atoms with E-state index >= 15 is 0 Å². The third-order valence-corrected chi connectivity index (χ3v) is 4.30. The maximum Gasteiger partial charge on any atom is 0.164 e. The summed E-state index contributed by atoms with van der Waals surface area (Å²) in [6, 6.07) is 3.88. The lowest BCUT2D eigenvalue weighted by molar-refractivity contribution is -0.131. The van der Waals surface area contributed by atoms with Crippen molar-refractivity contribution in [2.45, 2.75) is 44.3 Å². The molecule has 0 heterocycles. The van der Waals surface area contributed by atoms with Crippen LogP contribution >= 0.6 is 0 Å². The van der Waals surface area contributed by atoms with Crippen LogP contribution in [0.5, 0.6) is 0 Å². The zero-order valence-electron chi connectivity index (χ0n) is 11.3. The lowest BCUT2D eigenvalue weighted by Gasteiger charge is -2.41. The van der Waals surface area contributed by atoms with Gasteiger partial charge in [-0.15, -0.1) is 0 Å². The van der Waals surface area contributed by atoms with E-state index in [-0.39, 0.29) is 5.56 Å². The Labute approximate surface area is 112 Å². The van der Waals surface area contributed by atoms with Crippen LogP contribution in [0.4, 0.5) is 8.78 Å². The number of hydrogen-bond acceptors (Lipinski definition) is 2. The van der Waals surface area contributed by atoms with Gasteiger partial charge in [0.15, 0.2) is 11.6 Å². The molecule has 1 atom stereocenters. The standard InChI is InChI=1S/C15H20F2O2/c1-10-6-8-15(19-2,9-7-10)14(18)11-4-3-5-12(16)13(11)17/h3-5,10,14,18H,6-9H2,1-2H3. The number of methoxy groups -OCH3 is 1. The summed E-state index contributed by atoms with van der Waals surface area (Å²) in [5.74, 6) is -1.34. The van der Waals surface area contributed by atoms with Crippen LogP contribution in [0.15, 0.2) is 18.2 Å². The highest BCUT2D eigenvalue weighted by Gasteiger charge is 2.42. The summed E-state index contributed by atoms with van der Waals surface area (Å²) >= 11 is 0. The molecule has 19 heavy (non-hydrogen) atoms. The van der Waals surface area contributed by atoms with Crippen LogP contribution in [-0.2, 0) is 4.74 Å². The minimum atomic E-state index is -1.14. The number of rotatable bonds is 3. The van der Waals surface area contributed by atoms with E-state index in [0.717, 1.165) is 18.9 Å². The monoisotopic (exact) mass is 270 g/mol. The lowest BCUT2D eigenvalue weighted by Crippen LogP contribution is -2.42. The number of halogens is 2. The highest BCUT2D eigenvalue weighted by Crippen LogP contribution is 2.43. The molecule has 0 radical (unpaired) electrons. The fourth-order valence-electron chi connectivity index (χ4n) is 2.86. The van der Waals surface area contributed by atoms with Crippen LogP contribution in [0.3, 0.4) is 0 Å². The topological polar surface area (TPSA) is 29.5 Å². The van der Waals surface area contributed by atoms with E-state index in [0.29, 0.717) is 18.8 Å². The predicted molar refractivity (Wildman–Crippen MR) is 68.7 cm³/mol. The van der Waals surface area contributed by atoms with Gasteiger partial charge in [-0.1, -0.05) is 19.1 Å². The lowest BCUT2D eigenvalue weighted by atomic mass is 9.74. The normalized spacial score (nSPS) is 29.2.